The second kappa shape index (κ2) is 8.39. The first kappa shape index (κ1) is 17.8. The first-order chi connectivity index (χ1) is 12.6. The minimum Gasteiger partial charge on any atom is -0.403 e. The molecular formula is C16H19N5O5. The highest BCUT2D eigenvalue weighted by atomic mass is 16.6. The Labute approximate surface area is 149 Å². The Morgan fingerprint density at radius 2 is 2.12 bits per heavy atom. The SMILES string of the molecule is O=C(CCNc1nnc(-c2ccc([N+](=O)[O-])cc2)o1)NCC1CCCO1. The van der Waals surface area contributed by atoms with Crippen molar-refractivity contribution in [2.75, 3.05) is 25.0 Å². The van der Waals surface area contributed by atoms with Crippen molar-refractivity contribution in [2.24, 2.45) is 0 Å². The molecule has 2 N–H and O–H groups in total. The van der Waals surface area contributed by atoms with Crippen molar-refractivity contribution in [3.63, 3.8) is 0 Å². The van der Waals surface area contributed by atoms with Gasteiger partial charge in [-0.25, -0.2) is 0 Å². The number of hydrogen-bond acceptors (Lipinski definition) is 8. The Balaban J connectivity index is 1.43. The summed E-state index contributed by atoms with van der Waals surface area (Å²) in [4.78, 5) is 21.9. The van der Waals surface area contributed by atoms with Crippen LogP contribution in [0, 0.1) is 10.1 Å². The summed E-state index contributed by atoms with van der Waals surface area (Å²) >= 11 is 0. The maximum absolute atomic E-state index is 11.8. The van der Waals surface area contributed by atoms with Crippen molar-refractivity contribution in [1.82, 2.24) is 15.5 Å². The Kier molecular flexibility index (Phi) is 5.74. The van der Waals surface area contributed by atoms with Crippen LogP contribution in [0.25, 0.3) is 11.5 Å². The molecule has 1 aromatic carbocycles. The third-order valence-electron chi connectivity index (χ3n) is 3.93. The summed E-state index contributed by atoms with van der Waals surface area (Å²) in [7, 11) is 0. The van der Waals surface area contributed by atoms with E-state index < -0.39 is 4.92 Å². The van der Waals surface area contributed by atoms with Gasteiger partial charge in [-0.1, -0.05) is 5.10 Å². The molecule has 1 fully saturated rings. The van der Waals surface area contributed by atoms with E-state index in [4.69, 9.17) is 9.15 Å². The number of carbonyl (C=O) groups is 1. The molecule has 2 heterocycles. The van der Waals surface area contributed by atoms with Crippen LogP contribution < -0.4 is 10.6 Å². The summed E-state index contributed by atoms with van der Waals surface area (Å²) < 4.78 is 10.9. The highest BCUT2D eigenvalue weighted by Crippen LogP contribution is 2.22. The number of rotatable bonds is 8. The summed E-state index contributed by atoms with van der Waals surface area (Å²) in [6.45, 7) is 1.64. The maximum Gasteiger partial charge on any atom is 0.315 e. The topological polar surface area (TPSA) is 132 Å². The number of nitro groups is 1. The number of carbonyl (C=O) groups excluding carboxylic acids is 1. The number of non-ortho nitro benzene ring substituents is 1. The third kappa shape index (κ3) is 4.76. The van der Waals surface area contributed by atoms with Gasteiger partial charge in [0.1, 0.15) is 0 Å². The Bertz CT molecular complexity index is 755. The molecule has 3 rings (SSSR count). The van der Waals surface area contributed by atoms with E-state index in [9.17, 15) is 14.9 Å². The fraction of sp³-hybridized carbons (Fsp3) is 0.438. The van der Waals surface area contributed by atoms with E-state index in [-0.39, 0.29) is 36.0 Å². The van der Waals surface area contributed by atoms with E-state index in [1.165, 1.54) is 24.3 Å². The lowest BCUT2D eigenvalue weighted by molar-refractivity contribution is -0.384. The lowest BCUT2D eigenvalue weighted by atomic mass is 10.2. The molecule has 26 heavy (non-hydrogen) atoms. The van der Waals surface area contributed by atoms with Crippen LogP contribution in [0.15, 0.2) is 28.7 Å². The van der Waals surface area contributed by atoms with Gasteiger partial charge in [0.15, 0.2) is 0 Å². The van der Waals surface area contributed by atoms with Crippen molar-refractivity contribution >= 4 is 17.6 Å². The molecule has 1 saturated heterocycles. The Morgan fingerprint density at radius 1 is 1.31 bits per heavy atom. The number of anilines is 1. The van der Waals surface area contributed by atoms with Gasteiger partial charge in [-0.05, 0) is 25.0 Å². The Hall–Kier alpha value is -3.01. The van der Waals surface area contributed by atoms with Crippen molar-refractivity contribution in [3.8, 4) is 11.5 Å². The number of nitrogens with zero attached hydrogens (tertiary/aromatic N) is 3. The largest absolute Gasteiger partial charge is 0.403 e. The zero-order chi connectivity index (χ0) is 18.4. The molecule has 0 aliphatic carbocycles. The molecule has 0 spiro atoms. The quantitative estimate of drug-likeness (QED) is 0.537. The van der Waals surface area contributed by atoms with Crippen LogP contribution in [-0.2, 0) is 9.53 Å². The maximum atomic E-state index is 11.8. The van der Waals surface area contributed by atoms with E-state index in [0.29, 0.717) is 18.7 Å². The second-order valence-corrected chi connectivity index (χ2v) is 5.83. The molecule has 1 unspecified atom stereocenters. The third-order valence-corrected chi connectivity index (χ3v) is 3.93. The van der Waals surface area contributed by atoms with Gasteiger partial charge in [-0.3, -0.25) is 14.9 Å². The van der Waals surface area contributed by atoms with Crippen molar-refractivity contribution in [1.29, 1.82) is 0 Å². The highest BCUT2D eigenvalue weighted by molar-refractivity contribution is 5.76. The molecule has 1 atom stereocenters. The molecule has 10 heteroatoms. The summed E-state index contributed by atoms with van der Waals surface area (Å²) in [5, 5.41) is 24.1. The number of nitrogens with one attached hydrogen (secondary N) is 2. The molecule has 10 nitrogen and oxygen atoms in total. The lowest BCUT2D eigenvalue weighted by Gasteiger charge is -2.10. The molecule has 2 aromatic rings. The van der Waals surface area contributed by atoms with Crippen LogP contribution >= 0.6 is 0 Å². The van der Waals surface area contributed by atoms with Crippen LogP contribution in [-0.4, -0.2) is 46.8 Å². The van der Waals surface area contributed by atoms with Crippen LogP contribution in [0.3, 0.4) is 0 Å². The molecule has 1 aliphatic heterocycles. The van der Waals surface area contributed by atoms with Crippen molar-refractivity contribution in [3.05, 3.63) is 34.4 Å². The Morgan fingerprint density at radius 3 is 2.81 bits per heavy atom. The van der Waals surface area contributed by atoms with Crippen molar-refractivity contribution < 1.29 is 18.9 Å². The second-order valence-electron chi connectivity index (χ2n) is 5.83. The summed E-state index contributed by atoms with van der Waals surface area (Å²) in [5.41, 5.74) is 0.561. The molecule has 138 valence electrons. The van der Waals surface area contributed by atoms with E-state index in [1.54, 1.807) is 0 Å². The normalized spacial score (nSPS) is 16.4. The number of benzene rings is 1. The number of amides is 1. The zero-order valence-electron chi connectivity index (χ0n) is 14.0. The summed E-state index contributed by atoms with van der Waals surface area (Å²) in [6, 6.07) is 5.99. The van der Waals surface area contributed by atoms with E-state index in [0.717, 1.165) is 19.4 Å². The van der Waals surface area contributed by atoms with E-state index >= 15 is 0 Å². The van der Waals surface area contributed by atoms with Crippen LogP contribution in [0.1, 0.15) is 19.3 Å². The first-order valence-corrected chi connectivity index (χ1v) is 8.32. The standard InChI is InChI=1S/C16H19N5O5/c22-14(18-10-13-2-1-9-25-13)7-8-17-16-20-19-15(26-16)11-3-5-12(6-4-11)21(23)24/h3-6,13H,1-2,7-10H2,(H,17,20)(H,18,22). The van der Waals surface area contributed by atoms with Gasteiger partial charge in [0.05, 0.1) is 11.0 Å². The van der Waals surface area contributed by atoms with Gasteiger partial charge in [-0.2, -0.15) is 0 Å². The fourth-order valence-electron chi connectivity index (χ4n) is 2.54. The monoisotopic (exact) mass is 361 g/mol. The van der Waals surface area contributed by atoms with E-state index in [2.05, 4.69) is 20.8 Å². The minimum absolute atomic E-state index is 0.0133. The smallest absolute Gasteiger partial charge is 0.315 e. The van der Waals surface area contributed by atoms with Gasteiger partial charge in [-0.15, -0.1) is 5.10 Å². The molecule has 1 aliphatic rings. The number of nitro benzene ring substituents is 1. The number of ether oxygens (including phenoxy) is 1. The van der Waals surface area contributed by atoms with Crippen molar-refractivity contribution in [2.45, 2.75) is 25.4 Å². The van der Waals surface area contributed by atoms with Gasteiger partial charge >= 0.3 is 6.01 Å². The minimum atomic E-state index is -0.478. The van der Waals surface area contributed by atoms with Gasteiger partial charge < -0.3 is 19.8 Å². The van der Waals surface area contributed by atoms with Crippen LogP contribution in [0.2, 0.25) is 0 Å². The molecule has 1 amide bonds. The predicted octanol–water partition coefficient (Wildman–Crippen LogP) is 1.74. The molecule has 0 bridgehead atoms. The van der Waals surface area contributed by atoms with E-state index in [1.807, 2.05) is 0 Å². The zero-order valence-corrected chi connectivity index (χ0v) is 14.0. The van der Waals surface area contributed by atoms with Gasteiger partial charge in [0.25, 0.3) is 5.69 Å². The molecule has 1 aromatic heterocycles. The van der Waals surface area contributed by atoms with Crippen LogP contribution in [0.5, 0.6) is 0 Å². The summed E-state index contributed by atoms with van der Waals surface area (Å²) in [5.74, 6) is 0.160. The fourth-order valence-corrected chi connectivity index (χ4v) is 2.54. The summed E-state index contributed by atoms with van der Waals surface area (Å²) in [6.07, 6.45) is 2.40. The molecular weight excluding hydrogens is 342 g/mol. The molecule has 0 saturated carbocycles. The number of aromatic nitrogens is 2. The number of hydrogen-bond donors (Lipinski definition) is 2. The lowest BCUT2D eigenvalue weighted by Crippen LogP contribution is -2.32. The highest BCUT2D eigenvalue weighted by Gasteiger charge is 2.16. The first-order valence-electron chi connectivity index (χ1n) is 8.32. The average Bonchev–Trinajstić information content (AvgIpc) is 3.32. The van der Waals surface area contributed by atoms with Crippen LogP contribution in [0.4, 0.5) is 11.7 Å². The van der Waals surface area contributed by atoms with Gasteiger partial charge in [0, 0.05) is 43.8 Å². The average molecular weight is 361 g/mol. The molecule has 0 radical (unpaired) electrons. The predicted molar refractivity (Wildman–Crippen MR) is 91.5 cm³/mol. The van der Waals surface area contributed by atoms with Gasteiger partial charge in [0.2, 0.25) is 11.8 Å².